The first-order chi connectivity index (χ1) is 7.73. The zero-order chi connectivity index (χ0) is 13.6. The van der Waals surface area contributed by atoms with Gasteiger partial charge in [-0.25, -0.2) is 0 Å². The molecule has 2 atom stereocenters. The molecular formula is C8H14N4O5. The summed E-state index contributed by atoms with van der Waals surface area (Å²) < 4.78 is 0. The van der Waals surface area contributed by atoms with Crippen molar-refractivity contribution in [3.05, 3.63) is 0 Å². The van der Waals surface area contributed by atoms with Crippen molar-refractivity contribution in [3.63, 3.8) is 0 Å². The van der Waals surface area contributed by atoms with Gasteiger partial charge in [0.05, 0.1) is 18.9 Å². The van der Waals surface area contributed by atoms with Gasteiger partial charge in [-0.1, -0.05) is 0 Å². The summed E-state index contributed by atoms with van der Waals surface area (Å²) in [5, 5.41) is 10.4. The third-order valence-corrected chi connectivity index (χ3v) is 1.80. The molecule has 0 aliphatic carbocycles. The van der Waals surface area contributed by atoms with Crippen molar-refractivity contribution in [2.24, 2.45) is 17.2 Å². The van der Waals surface area contributed by atoms with E-state index in [-0.39, 0.29) is 0 Å². The molecule has 3 amide bonds. The van der Waals surface area contributed by atoms with Gasteiger partial charge in [0.2, 0.25) is 17.7 Å². The van der Waals surface area contributed by atoms with Crippen molar-refractivity contribution in [3.8, 4) is 0 Å². The Hall–Kier alpha value is -2.16. The van der Waals surface area contributed by atoms with Crippen LogP contribution in [-0.2, 0) is 19.2 Å². The third kappa shape index (κ3) is 6.10. The summed E-state index contributed by atoms with van der Waals surface area (Å²) in [4.78, 5) is 43.0. The van der Waals surface area contributed by atoms with E-state index in [9.17, 15) is 19.2 Å². The Labute approximate surface area is 96.3 Å². The van der Waals surface area contributed by atoms with Crippen LogP contribution in [0.2, 0.25) is 0 Å². The Morgan fingerprint density at radius 1 is 1.12 bits per heavy atom. The molecule has 96 valence electrons. The quantitative estimate of drug-likeness (QED) is 0.313. The van der Waals surface area contributed by atoms with E-state index in [0.717, 1.165) is 0 Å². The number of carboxylic acid groups (broad SMARTS) is 1. The highest BCUT2D eigenvalue weighted by molar-refractivity contribution is 5.93. The fourth-order valence-electron chi connectivity index (χ4n) is 0.984. The molecule has 8 N–H and O–H groups in total. The molecular weight excluding hydrogens is 232 g/mol. The molecule has 17 heavy (non-hydrogen) atoms. The number of hydrogen-bond donors (Lipinski definition) is 5. The predicted octanol–water partition coefficient (Wildman–Crippen LogP) is -3.37. The molecule has 0 aliphatic heterocycles. The smallest absolute Gasteiger partial charge is 0.305 e. The highest BCUT2D eigenvalue weighted by Crippen LogP contribution is 1.94. The normalized spacial score (nSPS) is 13.5. The van der Waals surface area contributed by atoms with E-state index >= 15 is 0 Å². The van der Waals surface area contributed by atoms with Crippen molar-refractivity contribution < 1.29 is 24.3 Å². The standard InChI is InChI=1S/C8H14N4O5/c9-3(1-6(14)15)8(17)12-4(7(11)16)2-5(10)13/h3-4H,1-2,9H2,(H2,10,13)(H2,11,16)(H,12,17)(H,14,15)/t3-,4-/m0/s1. The summed E-state index contributed by atoms with van der Waals surface area (Å²) >= 11 is 0. The van der Waals surface area contributed by atoms with Crippen LogP contribution in [0.4, 0.5) is 0 Å². The van der Waals surface area contributed by atoms with Crippen molar-refractivity contribution in [1.82, 2.24) is 5.32 Å². The van der Waals surface area contributed by atoms with Crippen LogP contribution < -0.4 is 22.5 Å². The molecule has 0 bridgehead atoms. The van der Waals surface area contributed by atoms with Gasteiger partial charge in [-0.15, -0.1) is 0 Å². The van der Waals surface area contributed by atoms with Crippen LogP contribution in [0.1, 0.15) is 12.8 Å². The molecule has 0 saturated carbocycles. The Kier molecular flexibility index (Phi) is 5.61. The maximum atomic E-state index is 11.3. The van der Waals surface area contributed by atoms with E-state index in [1.165, 1.54) is 0 Å². The second kappa shape index (κ2) is 6.43. The molecule has 0 saturated heterocycles. The Morgan fingerprint density at radius 2 is 1.65 bits per heavy atom. The SMILES string of the molecule is NC(=O)C[C@H](NC(=O)[C@@H](N)CC(=O)O)C(N)=O. The topological polar surface area (TPSA) is 179 Å². The number of rotatable bonds is 7. The Balaban J connectivity index is 4.44. The van der Waals surface area contributed by atoms with Gasteiger partial charge in [-0.05, 0) is 0 Å². The highest BCUT2D eigenvalue weighted by atomic mass is 16.4. The number of carbonyl (C=O) groups excluding carboxylic acids is 3. The van der Waals surface area contributed by atoms with Gasteiger partial charge in [0.1, 0.15) is 6.04 Å². The summed E-state index contributed by atoms with van der Waals surface area (Å²) in [6.07, 6.45) is -1.07. The minimum Gasteiger partial charge on any atom is -0.481 e. The second-order valence-corrected chi connectivity index (χ2v) is 3.34. The number of primary amides is 2. The molecule has 0 heterocycles. The predicted molar refractivity (Wildman–Crippen MR) is 55.2 cm³/mol. The molecule has 0 fully saturated rings. The van der Waals surface area contributed by atoms with E-state index in [1.54, 1.807) is 0 Å². The second-order valence-electron chi connectivity index (χ2n) is 3.34. The Bertz CT molecular complexity index is 343. The molecule has 0 rings (SSSR count). The number of aliphatic carboxylic acids is 1. The lowest BCUT2D eigenvalue weighted by Crippen LogP contribution is -2.52. The first kappa shape index (κ1) is 14.8. The summed E-state index contributed by atoms with van der Waals surface area (Å²) in [6.45, 7) is 0. The van der Waals surface area contributed by atoms with Crippen LogP contribution in [0, 0.1) is 0 Å². The van der Waals surface area contributed by atoms with Gasteiger partial charge in [0.15, 0.2) is 0 Å². The average Bonchev–Trinajstić information content (AvgIpc) is 2.14. The first-order valence-corrected chi connectivity index (χ1v) is 4.59. The van der Waals surface area contributed by atoms with Gasteiger partial charge < -0.3 is 27.6 Å². The van der Waals surface area contributed by atoms with Gasteiger partial charge in [0.25, 0.3) is 0 Å². The summed E-state index contributed by atoms with van der Waals surface area (Å²) in [5.74, 6) is -3.95. The van der Waals surface area contributed by atoms with E-state index in [4.69, 9.17) is 22.3 Å². The largest absolute Gasteiger partial charge is 0.481 e. The van der Waals surface area contributed by atoms with E-state index in [0.29, 0.717) is 0 Å². The average molecular weight is 246 g/mol. The zero-order valence-corrected chi connectivity index (χ0v) is 8.88. The molecule has 0 spiro atoms. The molecule has 9 nitrogen and oxygen atoms in total. The molecule has 0 aromatic heterocycles. The third-order valence-electron chi connectivity index (χ3n) is 1.80. The van der Waals surface area contributed by atoms with E-state index in [2.05, 4.69) is 5.32 Å². The van der Waals surface area contributed by atoms with E-state index in [1.807, 2.05) is 0 Å². The number of carbonyl (C=O) groups is 4. The van der Waals surface area contributed by atoms with Crippen molar-refractivity contribution >= 4 is 23.7 Å². The number of amides is 3. The maximum absolute atomic E-state index is 11.3. The lowest BCUT2D eigenvalue weighted by atomic mass is 10.1. The maximum Gasteiger partial charge on any atom is 0.305 e. The molecule has 9 heteroatoms. The van der Waals surface area contributed by atoms with Crippen LogP contribution in [0.15, 0.2) is 0 Å². The van der Waals surface area contributed by atoms with Gasteiger partial charge in [-0.3, -0.25) is 19.2 Å². The number of nitrogens with two attached hydrogens (primary N) is 3. The summed E-state index contributed by atoms with van der Waals surface area (Å²) in [5.41, 5.74) is 15.0. The van der Waals surface area contributed by atoms with Crippen molar-refractivity contribution in [2.75, 3.05) is 0 Å². The number of carboxylic acids is 1. The minimum atomic E-state index is -1.33. The minimum absolute atomic E-state index is 0.471. The zero-order valence-electron chi connectivity index (χ0n) is 8.88. The fraction of sp³-hybridized carbons (Fsp3) is 0.500. The summed E-state index contributed by atoms with van der Waals surface area (Å²) in [6, 6.07) is -2.62. The lowest BCUT2D eigenvalue weighted by Gasteiger charge is -2.16. The lowest BCUT2D eigenvalue weighted by molar-refractivity contribution is -0.139. The molecule has 0 aromatic rings. The highest BCUT2D eigenvalue weighted by Gasteiger charge is 2.24. The van der Waals surface area contributed by atoms with Gasteiger partial charge in [0, 0.05) is 0 Å². The van der Waals surface area contributed by atoms with Gasteiger partial charge in [-0.2, -0.15) is 0 Å². The monoisotopic (exact) mass is 246 g/mol. The first-order valence-electron chi connectivity index (χ1n) is 4.59. The summed E-state index contributed by atoms with van der Waals surface area (Å²) in [7, 11) is 0. The van der Waals surface area contributed by atoms with Crippen LogP contribution in [0.25, 0.3) is 0 Å². The molecule has 0 radical (unpaired) electrons. The van der Waals surface area contributed by atoms with Crippen LogP contribution in [0.5, 0.6) is 0 Å². The molecule has 0 aromatic carbocycles. The van der Waals surface area contributed by atoms with Gasteiger partial charge >= 0.3 is 5.97 Å². The molecule has 0 unspecified atom stereocenters. The Morgan fingerprint density at radius 3 is 2.00 bits per heavy atom. The number of nitrogens with one attached hydrogen (secondary N) is 1. The molecule has 0 aliphatic rings. The van der Waals surface area contributed by atoms with Crippen LogP contribution >= 0.6 is 0 Å². The van der Waals surface area contributed by atoms with Crippen molar-refractivity contribution in [1.29, 1.82) is 0 Å². The fourth-order valence-corrected chi connectivity index (χ4v) is 0.984. The van der Waals surface area contributed by atoms with Crippen LogP contribution in [-0.4, -0.2) is 40.9 Å². The van der Waals surface area contributed by atoms with Crippen molar-refractivity contribution in [2.45, 2.75) is 24.9 Å². The number of hydrogen-bond acceptors (Lipinski definition) is 5. The van der Waals surface area contributed by atoms with E-state index < -0.39 is 48.6 Å². The van der Waals surface area contributed by atoms with Crippen LogP contribution in [0.3, 0.4) is 0 Å².